The van der Waals surface area contributed by atoms with Crippen LogP contribution in [0.15, 0.2) is 0 Å². The van der Waals surface area contributed by atoms with Crippen molar-refractivity contribution in [3.8, 4) is 0 Å². The number of carbonyl (C=O) groups is 1. The smallest absolute Gasteiger partial charge is 0.221 e. The van der Waals surface area contributed by atoms with Gasteiger partial charge in [-0.3, -0.25) is 4.79 Å². The van der Waals surface area contributed by atoms with Gasteiger partial charge in [0.15, 0.2) is 0 Å². The van der Waals surface area contributed by atoms with Crippen LogP contribution < -0.4 is 10.6 Å². The second kappa shape index (κ2) is 8.47. The summed E-state index contributed by atoms with van der Waals surface area (Å²) in [6.07, 6.45) is 1.03. The maximum Gasteiger partial charge on any atom is 0.221 e. The van der Waals surface area contributed by atoms with E-state index in [4.69, 9.17) is 0 Å². The molecule has 0 aliphatic carbocycles. The molecule has 5 nitrogen and oxygen atoms in total. The molecule has 17 heavy (non-hydrogen) atoms. The number of hydrogen-bond donors (Lipinski definition) is 2. The fraction of sp³-hybridized carbons (Fsp3) is 0.909. The average Bonchev–Trinajstić information content (AvgIpc) is 2.22. The van der Waals surface area contributed by atoms with Gasteiger partial charge in [0, 0.05) is 24.8 Å². The maximum absolute atomic E-state index is 11.2. The van der Waals surface area contributed by atoms with Gasteiger partial charge >= 0.3 is 0 Å². The zero-order chi connectivity index (χ0) is 13.3. The van der Waals surface area contributed by atoms with E-state index < -0.39 is 9.84 Å². The molecule has 0 aromatic carbocycles. The van der Waals surface area contributed by atoms with Crippen LogP contribution in [0.1, 0.15) is 33.6 Å². The van der Waals surface area contributed by atoms with Crippen LogP contribution in [0.4, 0.5) is 0 Å². The Labute approximate surface area is 104 Å². The molecule has 0 unspecified atom stereocenters. The lowest BCUT2D eigenvalue weighted by atomic mass is 10.3. The van der Waals surface area contributed by atoms with Crippen LogP contribution in [0.3, 0.4) is 0 Å². The summed E-state index contributed by atoms with van der Waals surface area (Å²) in [5, 5.41) is 5.85. The number of amides is 1. The van der Waals surface area contributed by atoms with Crippen molar-refractivity contribution >= 4 is 15.7 Å². The zero-order valence-electron chi connectivity index (χ0n) is 11.0. The van der Waals surface area contributed by atoms with Gasteiger partial charge < -0.3 is 10.6 Å². The Balaban J connectivity index is 3.45. The van der Waals surface area contributed by atoms with E-state index in [2.05, 4.69) is 10.6 Å². The summed E-state index contributed by atoms with van der Waals surface area (Å²) < 4.78 is 22.3. The van der Waals surface area contributed by atoms with Gasteiger partial charge in [-0.25, -0.2) is 8.42 Å². The Hall–Kier alpha value is -0.620. The molecule has 0 fully saturated rings. The molecule has 0 aliphatic heterocycles. The summed E-state index contributed by atoms with van der Waals surface area (Å²) in [5.41, 5.74) is 0. The Morgan fingerprint density at radius 2 is 1.88 bits per heavy atom. The fourth-order valence-corrected chi connectivity index (χ4v) is 2.16. The minimum Gasteiger partial charge on any atom is -0.354 e. The first-order valence-electron chi connectivity index (χ1n) is 6.08. The summed E-state index contributed by atoms with van der Waals surface area (Å²) in [5.74, 6) is 0.437. The number of rotatable bonds is 9. The van der Waals surface area contributed by atoms with Crippen molar-refractivity contribution in [2.24, 2.45) is 0 Å². The van der Waals surface area contributed by atoms with Gasteiger partial charge in [-0.2, -0.15) is 0 Å². The van der Waals surface area contributed by atoms with E-state index >= 15 is 0 Å². The molecular weight excluding hydrogens is 240 g/mol. The van der Waals surface area contributed by atoms with E-state index in [0.717, 1.165) is 0 Å². The van der Waals surface area contributed by atoms with Crippen molar-refractivity contribution in [1.82, 2.24) is 10.6 Å². The van der Waals surface area contributed by atoms with E-state index in [-0.39, 0.29) is 23.5 Å². The summed E-state index contributed by atoms with van der Waals surface area (Å²) in [6.45, 7) is 6.71. The first-order chi connectivity index (χ1) is 7.87. The van der Waals surface area contributed by atoms with Crippen LogP contribution in [0.5, 0.6) is 0 Å². The third kappa shape index (κ3) is 10.3. The first-order valence-corrected chi connectivity index (χ1v) is 7.90. The van der Waals surface area contributed by atoms with Crippen molar-refractivity contribution in [3.63, 3.8) is 0 Å². The van der Waals surface area contributed by atoms with Gasteiger partial charge in [0.1, 0.15) is 9.84 Å². The van der Waals surface area contributed by atoms with Crippen LogP contribution in [0.25, 0.3) is 0 Å². The molecule has 0 aliphatic rings. The van der Waals surface area contributed by atoms with Crippen LogP contribution >= 0.6 is 0 Å². The lowest BCUT2D eigenvalue weighted by Crippen LogP contribution is -2.32. The Bertz CT molecular complexity index is 313. The van der Waals surface area contributed by atoms with Crippen LogP contribution in [-0.2, 0) is 14.6 Å². The molecule has 0 saturated heterocycles. The van der Waals surface area contributed by atoms with Crippen molar-refractivity contribution in [2.75, 3.05) is 24.6 Å². The van der Waals surface area contributed by atoms with E-state index in [0.29, 0.717) is 25.9 Å². The third-order valence-corrected chi connectivity index (χ3v) is 4.02. The number of carbonyl (C=O) groups excluding carboxylic acids is 1. The summed E-state index contributed by atoms with van der Waals surface area (Å²) in [4.78, 5) is 11.2. The lowest BCUT2D eigenvalue weighted by molar-refractivity contribution is -0.121. The molecule has 0 rings (SSSR count). The Kier molecular flexibility index (Phi) is 8.16. The van der Waals surface area contributed by atoms with Gasteiger partial charge in [0.2, 0.25) is 5.91 Å². The monoisotopic (exact) mass is 264 g/mol. The zero-order valence-corrected chi connectivity index (χ0v) is 11.8. The van der Waals surface area contributed by atoms with Gasteiger partial charge in [-0.15, -0.1) is 0 Å². The van der Waals surface area contributed by atoms with E-state index in [1.165, 1.54) is 0 Å². The molecule has 0 aromatic heterocycles. The Morgan fingerprint density at radius 3 is 2.41 bits per heavy atom. The van der Waals surface area contributed by atoms with E-state index in [1.807, 2.05) is 13.8 Å². The van der Waals surface area contributed by atoms with Gasteiger partial charge in [0.25, 0.3) is 0 Å². The number of sulfone groups is 1. The van der Waals surface area contributed by atoms with Gasteiger partial charge in [-0.05, 0) is 26.8 Å². The SMILES string of the molecule is CCS(=O)(=O)CCCNCCC(=O)NC(C)C. The minimum absolute atomic E-state index is 0.0219. The summed E-state index contributed by atoms with van der Waals surface area (Å²) >= 11 is 0. The van der Waals surface area contributed by atoms with E-state index in [9.17, 15) is 13.2 Å². The standard InChI is InChI=1S/C11H24N2O3S/c1-4-17(15,16)9-5-7-12-8-6-11(14)13-10(2)3/h10,12H,4-9H2,1-3H3,(H,13,14). The largest absolute Gasteiger partial charge is 0.354 e. The molecule has 2 N–H and O–H groups in total. The first kappa shape index (κ1) is 16.4. The van der Waals surface area contributed by atoms with Gasteiger partial charge in [0.05, 0.1) is 5.75 Å². The molecule has 0 saturated carbocycles. The highest BCUT2D eigenvalue weighted by Crippen LogP contribution is 1.92. The van der Waals surface area contributed by atoms with Gasteiger partial charge in [-0.1, -0.05) is 6.92 Å². The van der Waals surface area contributed by atoms with Crippen LogP contribution in [-0.4, -0.2) is 45.0 Å². The lowest BCUT2D eigenvalue weighted by Gasteiger charge is -2.08. The van der Waals surface area contributed by atoms with Crippen molar-refractivity contribution in [3.05, 3.63) is 0 Å². The van der Waals surface area contributed by atoms with Crippen LogP contribution in [0, 0.1) is 0 Å². The second-order valence-electron chi connectivity index (χ2n) is 4.31. The molecule has 0 spiro atoms. The number of hydrogen-bond acceptors (Lipinski definition) is 4. The third-order valence-electron chi connectivity index (χ3n) is 2.23. The minimum atomic E-state index is -2.86. The topological polar surface area (TPSA) is 75.3 Å². The molecule has 0 atom stereocenters. The normalized spacial score (nSPS) is 11.8. The fourth-order valence-electron chi connectivity index (χ4n) is 1.28. The predicted octanol–water partition coefficient (Wildman–Crippen LogP) is 0.316. The van der Waals surface area contributed by atoms with Crippen molar-refractivity contribution < 1.29 is 13.2 Å². The van der Waals surface area contributed by atoms with Crippen LogP contribution in [0.2, 0.25) is 0 Å². The highest BCUT2D eigenvalue weighted by molar-refractivity contribution is 7.91. The van der Waals surface area contributed by atoms with Crippen molar-refractivity contribution in [2.45, 2.75) is 39.7 Å². The van der Waals surface area contributed by atoms with E-state index in [1.54, 1.807) is 6.92 Å². The second-order valence-corrected chi connectivity index (χ2v) is 6.78. The molecule has 0 bridgehead atoms. The highest BCUT2D eigenvalue weighted by atomic mass is 32.2. The predicted molar refractivity (Wildman–Crippen MR) is 69.7 cm³/mol. The molecular formula is C11H24N2O3S. The van der Waals surface area contributed by atoms with Crippen molar-refractivity contribution in [1.29, 1.82) is 0 Å². The summed E-state index contributed by atoms with van der Waals surface area (Å²) in [7, 11) is -2.86. The number of nitrogens with one attached hydrogen (secondary N) is 2. The molecule has 0 aromatic rings. The molecule has 102 valence electrons. The molecule has 6 heteroatoms. The molecule has 1 amide bonds. The summed E-state index contributed by atoms with van der Waals surface area (Å²) in [6, 6.07) is 0.164. The molecule has 0 radical (unpaired) electrons. The molecule has 0 heterocycles. The average molecular weight is 264 g/mol. The highest BCUT2D eigenvalue weighted by Gasteiger charge is 2.06. The quantitative estimate of drug-likeness (QED) is 0.588. The maximum atomic E-state index is 11.2. The Morgan fingerprint density at radius 1 is 1.24 bits per heavy atom.